The van der Waals surface area contributed by atoms with Gasteiger partial charge in [0.1, 0.15) is 0 Å². The molecular weight excluding hydrogens is 188 g/mol. The molecule has 0 aromatic rings. The molecule has 4 nitrogen and oxygen atoms in total. The van der Waals surface area contributed by atoms with Crippen LogP contribution in [-0.2, 0) is 0 Å². The topological polar surface area (TPSA) is 62.4 Å². The van der Waals surface area contributed by atoms with E-state index in [1.54, 1.807) is 0 Å². The molecule has 0 unspecified atom stereocenters. The molecule has 0 spiro atoms. The van der Waals surface area contributed by atoms with E-state index in [0.717, 1.165) is 25.3 Å². The maximum absolute atomic E-state index is 5.45. The minimum atomic E-state index is 0.261. The monoisotopic (exact) mass is 212 g/mol. The summed E-state index contributed by atoms with van der Waals surface area (Å²) in [7, 11) is 0. The Morgan fingerprint density at radius 2 is 2.13 bits per heavy atom. The van der Waals surface area contributed by atoms with Crippen molar-refractivity contribution in [2.45, 2.75) is 57.9 Å². The third-order valence-corrected chi connectivity index (χ3v) is 3.29. The number of nitrogens with zero attached hydrogens (tertiary/aromatic N) is 1. The standard InChI is InChI=1S/C11H24N4/c1-3-5-9-13-10(15-12)14-11(4-2)7-6-8-11/h3-9,12H2,1-2H3,(H2,13,14,15). The van der Waals surface area contributed by atoms with Gasteiger partial charge >= 0.3 is 0 Å². The Labute approximate surface area is 92.7 Å². The molecule has 0 aliphatic heterocycles. The fraction of sp³-hybridized carbons (Fsp3) is 0.909. The van der Waals surface area contributed by atoms with Crippen LogP contribution in [0.5, 0.6) is 0 Å². The van der Waals surface area contributed by atoms with Crippen LogP contribution >= 0.6 is 0 Å². The maximum atomic E-state index is 5.45. The average molecular weight is 212 g/mol. The van der Waals surface area contributed by atoms with Crippen LogP contribution in [-0.4, -0.2) is 18.0 Å². The normalized spacial score (nSPS) is 19.5. The fourth-order valence-corrected chi connectivity index (χ4v) is 1.89. The molecule has 0 saturated heterocycles. The van der Waals surface area contributed by atoms with Gasteiger partial charge in [0.2, 0.25) is 5.96 Å². The van der Waals surface area contributed by atoms with Gasteiger partial charge in [-0.2, -0.15) is 0 Å². The number of hydrogen-bond donors (Lipinski definition) is 3. The third kappa shape index (κ3) is 3.38. The first-order chi connectivity index (χ1) is 7.26. The molecule has 0 heterocycles. The van der Waals surface area contributed by atoms with Gasteiger partial charge in [-0.15, -0.1) is 0 Å². The van der Waals surface area contributed by atoms with Crippen molar-refractivity contribution < 1.29 is 0 Å². The molecule has 88 valence electrons. The van der Waals surface area contributed by atoms with Crippen molar-refractivity contribution in [3.63, 3.8) is 0 Å². The van der Waals surface area contributed by atoms with Crippen molar-refractivity contribution in [3.8, 4) is 0 Å². The summed E-state index contributed by atoms with van der Waals surface area (Å²) < 4.78 is 0. The van der Waals surface area contributed by atoms with Crippen molar-refractivity contribution in [1.82, 2.24) is 10.7 Å². The fourth-order valence-electron chi connectivity index (χ4n) is 1.89. The summed E-state index contributed by atoms with van der Waals surface area (Å²) in [6.07, 6.45) is 7.21. The van der Waals surface area contributed by atoms with Crippen molar-refractivity contribution in [1.29, 1.82) is 0 Å². The maximum Gasteiger partial charge on any atom is 0.206 e. The van der Waals surface area contributed by atoms with E-state index < -0.39 is 0 Å². The Bertz CT molecular complexity index is 203. The second-order valence-electron chi connectivity index (χ2n) is 4.34. The van der Waals surface area contributed by atoms with Crippen LogP contribution in [0.25, 0.3) is 0 Å². The first-order valence-corrected chi connectivity index (χ1v) is 6.05. The van der Waals surface area contributed by atoms with E-state index in [9.17, 15) is 0 Å². The van der Waals surface area contributed by atoms with Gasteiger partial charge in [-0.05, 0) is 32.1 Å². The van der Waals surface area contributed by atoms with Crippen LogP contribution in [0.4, 0.5) is 0 Å². The zero-order valence-corrected chi connectivity index (χ0v) is 9.97. The minimum absolute atomic E-state index is 0.261. The molecule has 4 N–H and O–H groups in total. The van der Waals surface area contributed by atoms with E-state index in [4.69, 9.17) is 5.84 Å². The molecular formula is C11H24N4. The number of aliphatic imine (C=N–C) groups is 1. The highest BCUT2D eigenvalue weighted by Gasteiger charge is 2.35. The molecule has 0 aromatic carbocycles. The van der Waals surface area contributed by atoms with Crippen molar-refractivity contribution >= 4 is 5.96 Å². The van der Waals surface area contributed by atoms with Gasteiger partial charge in [0.05, 0.1) is 0 Å². The molecule has 1 aliphatic rings. The molecule has 1 fully saturated rings. The number of nitrogens with one attached hydrogen (secondary N) is 2. The van der Waals surface area contributed by atoms with Crippen LogP contribution in [0.15, 0.2) is 4.99 Å². The van der Waals surface area contributed by atoms with Crippen molar-refractivity contribution in [2.24, 2.45) is 10.8 Å². The lowest BCUT2D eigenvalue weighted by molar-refractivity contribution is 0.207. The predicted octanol–water partition coefficient (Wildman–Crippen LogP) is 1.53. The number of unbranched alkanes of at least 4 members (excludes halogenated alkanes) is 1. The van der Waals surface area contributed by atoms with Gasteiger partial charge in [-0.1, -0.05) is 20.3 Å². The molecule has 1 saturated carbocycles. The molecule has 1 aliphatic carbocycles. The second-order valence-corrected chi connectivity index (χ2v) is 4.34. The highest BCUT2D eigenvalue weighted by molar-refractivity contribution is 5.80. The minimum Gasteiger partial charge on any atom is -0.350 e. The summed E-state index contributed by atoms with van der Waals surface area (Å²) in [5, 5.41) is 3.44. The summed E-state index contributed by atoms with van der Waals surface area (Å²) in [5.74, 6) is 6.21. The number of hydrazine groups is 1. The zero-order valence-electron chi connectivity index (χ0n) is 9.97. The summed E-state index contributed by atoms with van der Waals surface area (Å²) in [4.78, 5) is 4.42. The van der Waals surface area contributed by atoms with Gasteiger partial charge in [-0.25, -0.2) is 5.84 Å². The lowest BCUT2D eigenvalue weighted by Crippen LogP contribution is -2.57. The van der Waals surface area contributed by atoms with Gasteiger partial charge in [0.25, 0.3) is 0 Å². The van der Waals surface area contributed by atoms with Crippen LogP contribution in [0.1, 0.15) is 52.4 Å². The van der Waals surface area contributed by atoms with E-state index in [2.05, 4.69) is 29.6 Å². The lowest BCUT2D eigenvalue weighted by atomic mass is 9.75. The van der Waals surface area contributed by atoms with Crippen LogP contribution in [0.2, 0.25) is 0 Å². The molecule has 0 atom stereocenters. The molecule has 0 radical (unpaired) electrons. The van der Waals surface area contributed by atoms with E-state index in [-0.39, 0.29) is 5.54 Å². The molecule has 4 heteroatoms. The number of guanidine groups is 1. The zero-order chi connectivity index (χ0) is 11.1. The number of rotatable bonds is 5. The summed E-state index contributed by atoms with van der Waals surface area (Å²) in [5.41, 5.74) is 2.92. The highest BCUT2D eigenvalue weighted by atomic mass is 15.3. The van der Waals surface area contributed by atoms with Gasteiger partial charge < -0.3 is 5.32 Å². The quantitative estimate of drug-likeness (QED) is 0.213. The highest BCUT2D eigenvalue weighted by Crippen LogP contribution is 2.34. The van der Waals surface area contributed by atoms with E-state index >= 15 is 0 Å². The first kappa shape index (κ1) is 12.3. The van der Waals surface area contributed by atoms with E-state index in [0.29, 0.717) is 0 Å². The average Bonchev–Trinajstić information content (AvgIpc) is 2.21. The largest absolute Gasteiger partial charge is 0.350 e. The van der Waals surface area contributed by atoms with Crippen molar-refractivity contribution in [2.75, 3.05) is 6.54 Å². The smallest absolute Gasteiger partial charge is 0.206 e. The number of nitrogens with two attached hydrogens (primary N) is 1. The van der Waals surface area contributed by atoms with Gasteiger partial charge in [-0.3, -0.25) is 10.4 Å². The van der Waals surface area contributed by atoms with Crippen molar-refractivity contribution in [3.05, 3.63) is 0 Å². The molecule has 0 bridgehead atoms. The Kier molecular flexibility index (Phi) is 4.88. The third-order valence-electron chi connectivity index (χ3n) is 3.29. The Morgan fingerprint density at radius 1 is 1.40 bits per heavy atom. The second kappa shape index (κ2) is 5.95. The SMILES string of the molecule is CCCCN=C(NN)NC1(CC)CCC1. The predicted molar refractivity (Wildman–Crippen MR) is 64.5 cm³/mol. The summed E-state index contributed by atoms with van der Waals surface area (Å²) >= 11 is 0. The summed E-state index contributed by atoms with van der Waals surface area (Å²) in [6, 6.07) is 0. The Morgan fingerprint density at radius 3 is 2.53 bits per heavy atom. The molecule has 15 heavy (non-hydrogen) atoms. The molecule has 0 aromatic heterocycles. The van der Waals surface area contributed by atoms with E-state index in [1.165, 1.54) is 25.7 Å². The van der Waals surface area contributed by atoms with Crippen LogP contribution in [0.3, 0.4) is 0 Å². The van der Waals surface area contributed by atoms with Crippen LogP contribution < -0.4 is 16.6 Å². The molecule has 1 rings (SSSR count). The molecule has 0 amide bonds. The van der Waals surface area contributed by atoms with Gasteiger partial charge in [0.15, 0.2) is 0 Å². The number of hydrogen-bond acceptors (Lipinski definition) is 2. The van der Waals surface area contributed by atoms with E-state index in [1.807, 2.05) is 0 Å². The Balaban J connectivity index is 2.41. The van der Waals surface area contributed by atoms with Crippen LogP contribution in [0, 0.1) is 0 Å². The van der Waals surface area contributed by atoms with Gasteiger partial charge in [0, 0.05) is 12.1 Å². The lowest BCUT2D eigenvalue weighted by Gasteiger charge is -2.42. The summed E-state index contributed by atoms with van der Waals surface area (Å²) in [6.45, 7) is 5.23. The first-order valence-electron chi connectivity index (χ1n) is 6.05. The Hall–Kier alpha value is -0.770.